The lowest BCUT2D eigenvalue weighted by molar-refractivity contribution is -0.123. The van der Waals surface area contributed by atoms with Crippen LogP contribution in [0, 0.1) is 29.1 Å². The molecule has 0 bridgehead atoms. The number of rotatable bonds is 4. The standard InChI is InChI=1S/C22H31NO3S/c1-14(2)23(19(24)16-9-7-15(3)8-10-16)20-18(21(25)26)13-17(27-20)11-12-22(4,5)6/h13-16H,7-10H2,1-6H3,(H,25,26). The highest BCUT2D eigenvalue weighted by atomic mass is 32.1. The van der Waals surface area contributed by atoms with Crippen molar-refractivity contribution in [2.45, 2.75) is 73.3 Å². The number of nitrogens with zero attached hydrogens (tertiary/aromatic N) is 1. The number of anilines is 1. The molecule has 0 unspecified atom stereocenters. The van der Waals surface area contributed by atoms with Gasteiger partial charge in [0.1, 0.15) is 5.00 Å². The van der Waals surface area contributed by atoms with E-state index in [1.54, 1.807) is 11.0 Å². The Kier molecular flexibility index (Phi) is 6.75. The molecule has 5 heteroatoms. The second-order valence-electron chi connectivity index (χ2n) is 8.89. The SMILES string of the molecule is CC1CCC(C(=O)N(c2sc(C#CC(C)(C)C)cc2C(=O)O)C(C)C)CC1. The van der Waals surface area contributed by atoms with Gasteiger partial charge in [-0.25, -0.2) is 4.79 Å². The van der Waals surface area contributed by atoms with Crippen molar-refractivity contribution in [2.24, 2.45) is 17.3 Å². The third kappa shape index (κ3) is 5.59. The van der Waals surface area contributed by atoms with E-state index in [2.05, 4.69) is 18.8 Å². The number of hydrogen-bond acceptors (Lipinski definition) is 3. The molecule has 148 valence electrons. The molecule has 1 heterocycles. The van der Waals surface area contributed by atoms with Crippen LogP contribution in [0.1, 0.15) is 82.5 Å². The molecule has 1 fully saturated rings. The fourth-order valence-corrected chi connectivity index (χ4v) is 4.46. The molecule has 1 aliphatic rings. The van der Waals surface area contributed by atoms with E-state index in [-0.39, 0.29) is 28.8 Å². The van der Waals surface area contributed by atoms with E-state index in [0.29, 0.717) is 15.8 Å². The summed E-state index contributed by atoms with van der Waals surface area (Å²) in [4.78, 5) is 27.5. The summed E-state index contributed by atoms with van der Waals surface area (Å²) in [5, 5.41) is 10.2. The van der Waals surface area contributed by atoms with Crippen molar-refractivity contribution in [3.05, 3.63) is 16.5 Å². The van der Waals surface area contributed by atoms with Crippen LogP contribution in [-0.2, 0) is 4.79 Å². The number of hydrogen-bond donors (Lipinski definition) is 1. The maximum absolute atomic E-state index is 13.3. The predicted molar refractivity (Wildman–Crippen MR) is 111 cm³/mol. The smallest absolute Gasteiger partial charge is 0.338 e. The summed E-state index contributed by atoms with van der Waals surface area (Å²) in [5.74, 6) is 5.92. The number of thiophene rings is 1. The van der Waals surface area contributed by atoms with E-state index in [1.165, 1.54) is 11.3 Å². The van der Waals surface area contributed by atoms with Crippen molar-refractivity contribution in [1.82, 2.24) is 0 Å². The molecule has 1 N–H and O–H groups in total. The summed E-state index contributed by atoms with van der Waals surface area (Å²) < 4.78 is 0. The Bertz CT molecular complexity index is 753. The zero-order valence-electron chi connectivity index (χ0n) is 17.3. The highest BCUT2D eigenvalue weighted by Crippen LogP contribution is 2.37. The lowest BCUT2D eigenvalue weighted by atomic mass is 9.82. The molecule has 4 nitrogen and oxygen atoms in total. The largest absolute Gasteiger partial charge is 0.478 e. The van der Waals surface area contributed by atoms with Gasteiger partial charge >= 0.3 is 5.97 Å². The quantitative estimate of drug-likeness (QED) is 0.700. The van der Waals surface area contributed by atoms with Crippen LogP contribution in [0.5, 0.6) is 0 Å². The second-order valence-corrected chi connectivity index (χ2v) is 9.92. The van der Waals surface area contributed by atoms with Gasteiger partial charge in [-0.15, -0.1) is 11.3 Å². The van der Waals surface area contributed by atoms with Gasteiger partial charge in [0.05, 0.1) is 10.4 Å². The van der Waals surface area contributed by atoms with Gasteiger partial charge in [-0.1, -0.05) is 18.8 Å². The highest BCUT2D eigenvalue weighted by molar-refractivity contribution is 7.17. The molecule has 1 aromatic rings. The Morgan fingerprint density at radius 1 is 1.22 bits per heavy atom. The molecule has 0 aromatic carbocycles. The monoisotopic (exact) mass is 389 g/mol. The molecule has 0 atom stereocenters. The fourth-order valence-electron chi connectivity index (χ4n) is 3.32. The summed E-state index contributed by atoms with van der Waals surface area (Å²) in [6, 6.07) is 1.50. The molecule has 0 aliphatic heterocycles. The summed E-state index contributed by atoms with van der Waals surface area (Å²) >= 11 is 1.31. The van der Waals surface area contributed by atoms with Crippen LogP contribution in [0.15, 0.2) is 6.07 Å². The summed E-state index contributed by atoms with van der Waals surface area (Å²) in [6.45, 7) is 12.1. The normalized spacial score (nSPS) is 20.1. The van der Waals surface area contributed by atoms with E-state index < -0.39 is 5.97 Å². The molecule has 1 amide bonds. The van der Waals surface area contributed by atoms with E-state index in [4.69, 9.17) is 0 Å². The van der Waals surface area contributed by atoms with E-state index in [9.17, 15) is 14.7 Å². The first-order valence-electron chi connectivity index (χ1n) is 9.73. The average molecular weight is 390 g/mol. The molecule has 0 saturated heterocycles. The molecular formula is C22H31NO3S. The van der Waals surface area contributed by atoms with Gasteiger partial charge in [0.15, 0.2) is 0 Å². The van der Waals surface area contributed by atoms with E-state index in [1.807, 2.05) is 34.6 Å². The second kappa shape index (κ2) is 8.48. The third-order valence-electron chi connectivity index (χ3n) is 4.84. The predicted octanol–water partition coefficient (Wildman–Crippen LogP) is 5.41. The fraction of sp³-hybridized carbons (Fsp3) is 0.636. The van der Waals surface area contributed by atoms with Gasteiger partial charge in [-0.2, -0.15) is 0 Å². The van der Waals surface area contributed by atoms with Gasteiger partial charge in [0, 0.05) is 17.4 Å². The van der Waals surface area contributed by atoms with Gasteiger partial charge in [-0.3, -0.25) is 4.79 Å². The van der Waals surface area contributed by atoms with Gasteiger partial charge in [0.25, 0.3) is 0 Å². The third-order valence-corrected chi connectivity index (χ3v) is 5.89. The number of amides is 1. The van der Waals surface area contributed by atoms with Crippen molar-refractivity contribution in [2.75, 3.05) is 4.90 Å². The lowest BCUT2D eigenvalue weighted by Crippen LogP contribution is -2.42. The topological polar surface area (TPSA) is 57.6 Å². The van der Waals surface area contributed by atoms with Gasteiger partial charge < -0.3 is 10.0 Å². The summed E-state index contributed by atoms with van der Waals surface area (Å²) in [5.41, 5.74) is 0.00399. The van der Waals surface area contributed by atoms with Gasteiger partial charge in [-0.05, 0) is 72.3 Å². The van der Waals surface area contributed by atoms with Crippen LogP contribution in [0.2, 0.25) is 0 Å². The van der Waals surface area contributed by atoms with Crippen LogP contribution < -0.4 is 4.90 Å². The minimum Gasteiger partial charge on any atom is -0.478 e. The van der Waals surface area contributed by atoms with Crippen molar-refractivity contribution >= 4 is 28.2 Å². The van der Waals surface area contributed by atoms with Crippen LogP contribution in [0.25, 0.3) is 0 Å². The van der Waals surface area contributed by atoms with Crippen molar-refractivity contribution in [3.8, 4) is 11.8 Å². The number of carboxylic acids is 1. The Morgan fingerprint density at radius 2 is 1.81 bits per heavy atom. The Labute approximate surface area is 167 Å². The maximum atomic E-state index is 13.3. The Hall–Kier alpha value is -1.80. The van der Waals surface area contributed by atoms with Crippen molar-refractivity contribution < 1.29 is 14.7 Å². The van der Waals surface area contributed by atoms with Crippen LogP contribution in [0.3, 0.4) is 0 Å². The Morgan fingerprint density at radius 3 is 2.30 bits per heavy atom. The van der Waals surface area contributed by atoms with E-state index >= 15 is 0 Å². The molecule has 0 radical (unpaired) electrons. The van der Waals surface area contributed by atoms with Crippen LogP contribution in [0.4, 0.5) is 5.00 Å². The molecule has 1 aliphatic carbocycles. The summed E-state index contributed by atoms with van der Waals surface area (Å²) in [6.07, 6.45) is 3.88. The first-order chi connectivity index (χ1) is 12.5. The van der Waals surface area contributed by atoms with Crippen molar-refractivity contribution in [1.29, 1.82) is 0 Å². The minimum atomic E-state index is -1.01. The Balaban J connectivity index is 2.40. The summed E-state index contributed by atoms with van der Waals surface area (Å²) in [7, 11) is 0. The number of carboxylic acid groups (broad SMARTS) is 1. The van der Waals surface area contributed by atoms with Crippen molar-refractivity contribution in [3.63, 3.8) is 0 Å². The van der Waals surface area contributed by atoms with Crippen LogP contribution >= 0.6 is 11.3 Å². The molecular weight excluding hydrogens is 358 g/mol. The first-order valence-corrected chi connectivity index (χ1v) is 10.5. The molecule has 1 saturated carbocycles. The number of carbonyl (C=O) groups is 2. The number of carbonyl (C=O) groups excluding carboxylic acids is 1. The first kappa shape index (κ1) is 21.5. The average Bonchev–Trinajstić information content (AvgIpc) is 2.97. The highest BCUT2D eigenvalue weighted by Gasteiger charge is 2.33. The zero-order chi connectivity index (χ0) is 20.4. The number of aromatic carboxylic acids is 1. The molecule has 27 heavy (non-hydrogen) atoms. The minimum absolute atomic E-state index is 0.0172. The van der Waals surface area contributed by atoms with Gasteiger partial charge in [0.2, 0.25) is 5.91 Å². The lowest BCUT2D eigenvalue weighted by Gasteiger charge is -2.33. The molecule has 1 aromatic heterocycles. The zero-order valence-corrected chi connectivity index (χ0v) is 18.1. The van der Waals surface area contributed by atoms with Crippen LogP contribution in [-0.4, -0.2) is 23.0 Å². The maximum Gasteiger partial charge on any atom is 0.338 e. The van der Waals surface area contributed by atoms with E-state index in [0.717, 1.165) is 25.7 Å². The molecule has 0 spiro atoms. The molecule has 2 rings (SSSR count).